The van der Waals surface area contributed by atoms with Gasteiger partial charge >= 0.3 is 0 Å². The van der Waals surface area contributed by atoms with Gasteiger partial charge in [-0.1, -0.05) is 31.0 Å². The van der Waals surface area contributed by atoms with Gasteiger partial charge in [0.2, 0.25) is 5.95 Å². The van der Waals surface area contributed by atoms with Crippen LogP contribution in [0, 0.1) is 5.92 Å². The number of nitrogens with zero attached hydrogens (tertiary/aromatic N) is 3. The van der Waals surface area contributed by atoms with Crippen molar-refractivity contribution in [2.45, 2.75) is 44.6 Å². The van der Waals surface area contributed by atoms with Gasteiger partial charge in [0.05, 0.1) is 0 Å². The zero-order chi connectivity index (χ0) is 16.6. The first-order valence-corrected chi connectivity index (χ1v) is 10.3. The first-order valence-electron chi connectivity index (χ1n) is 9.46. The Morgan fingerprint density at radius 3 is 2.64 bits per heavy atom. The van der Waals surface area contributed by atoms with Crippen molar-refractivity contribution < 1.29 is 0 Å². The van der Waals surface area contributed by atoms with Gasteiger partial charge in [-0.25, -0.2) is 9.97 Å². The molecule has 2 aromatic heterocycles. The number of hydrogen-bond acceptors (Lipinski definition) is 4. The summed E-state index contributed by atoms with van der Waals surface area (Å²) in [6.45, 7) is 1.11. The van der Waals surface area contributed by atoms with Gasteiger partial charge in [0.15, 0.2) is 0 Å². The summed E-state index contributed by atoms with van der Waals surface area (Å²) in [4.78, 5) is 13.3. The van der Waals surface area contributed by atoms with Crippen LogP contribution >= 0.6 is 11.3 Å². The summed E-state index contributed by atoms with van der Waals surface area (Å²) >= 11 is 1.82. The highest BCUT2D eigenvalue weighted by Gasteiger charge is 2.34. The maximum atomic E-state index is 4.76. The van der Waals surface area contributed by atoms with E-state index in [1.54, 1.807) is 0 Å². The minimum atomic E-state index is 0.665. The Kier molecular flexibility index (Phi) is 3.93. The van der Waals surface area contributed by atoms with E-state index in [0.717, 1.165) is 24.0 Å². The van der Waals surface area contributed by atoms with Crippen LogP contribution in [0.25, 0.3) is 20.5 Å². The summed E-state index contributed by atoms with van der Waals surface area (Å²) < 4.78 is 1.32. The molecule has 0 amide bonds. The minimum Gasteiger partial charge on any atom is -0.338 e. The van der Waals surface area contributed by atoms with E-state index in [1.807, 2.05) is 23.7 Å². The summed E-state index contributed by atoms with van der Waals surface area (Å²) in [5.41, 5.74) is 1.13. The Balaban J connectivity index is 1.42. The smallest absolute Gasteiger partial charge is 0.225 e. The van der Waals surface area contributed by atoms with Crippen molar-refractivity contribution in [1.82, 2.24) is 9.97 Å². The lowest BCUT2D eigenvalue weighted by atomic mass is 9.78. The molecule has 0 radical (unpaired) electrons. The van der Waals surface area contributed by atoms with Crippen LogP contribution in [0.3, 0.4) is 0 Å². The molecule has 2 fully saturated rings. The lowest BCUT2D eigenvalue weighted by molar-refractivity contribution is 0.241. The lowest BCUT2D eigenvalue weighted by Gasteiger charge is -2.44. The van der Waals surface area contributed by atoms with E-state index in [4.69, 9.17) is 9.97 Å². The number of anilines is 1. The van der Waals surface area contributed by atoms with Crippen molar-refractivity contribution in [3.05, 3.63) is 42.7 Å². The van der Waals surface area contributed by atoms with Gasteiger partial charge in [-0.15, -0.1) is 11.3 Å². The lowest BCUT2D eigenvalue weighted by Crippen LogP contribution is -2.47. The zero-order valence-corrected chi connectivity index (χ0v) is 15.2. The molecule has 0 spiro atoms. The van der Waals surface area contributed by atoms with E-state index >= 15 is 0 Å². The van der Waals surface area contributed by atoms with Crippen LogP contribution in [-0.2, 0) is 0 Å². The van der Waals surface area contributed by atoms with Crippen molar-refractivity contribution in [2.75, 3.05) is 11.4 Å². The molecule has 5 rings (SSSR count). The van der Waals surface area contributed by atoms with Crippen LogP contribution in [0.4, 0.5) is 5.95 Å². The largest absolute Gasteiger partial charge is 0.338 e. The number of hydrogen-bond donors (Lipinski definition) is 0. The molecule has 1 saturated carbocycles. The number of aromatic nitrogens is 2. The van der Waals surface area contributed by atoms with E-state index in [2.05, 4.69) is 35.2 Å². The first-order chi connectivity index (χ1) is 12.4. The van der Waals surface area contributed by atoms with Crippen LogP contribution < -0.4 is 4.90 Å². The fourth-order valence-corrected chi connectivity index (χ4v) is 5.63. The molecule has 25 heavy (non-hydrogen) atoms. The molecule has 4 heteroatoms. The number of piperidine rings is 1. The summed E-state index contributed by atoms with van der Waals surface area (Å²) in [5.74, 6) is 1.79. The normalized spacial score (nSPS) is 23.6. The van der Waals surface area contributed by atoms with Crippen molar-refractivity contribution in [3.63, 3.8) is 0 Å². The van der Waals surface area contributed by atoms with Gasteiger partial charge in [0.25, 0.3) is 0 Å². The summed E-state index contributed by atoms with van der Waals surface area (Å²) in [7, 11) is 0. The van der Waals surface area contributed by atoms with Gasteiger partial charge in [0, 0.05) is 40.1 Å². The van der Waals surface area contributed by atoms with Crippen LogP contribution in [0.2, 0.25) is 0 Å². The molecule has 0 bridgehead atoms. The minimum absolute atomic E-state index is 0.665. The molecule has 128 valence electrons. The molecule has 3 nitrogen and oxygen atoms in total. The number of thiophene rings is 1. The molecule has 1 saturated heterocycles. The third kappa shape index (κ3) is 2.82. The molecule has 1 aliphatic carbocycles. The van der Waals surface area contributed by atoms with Crippen LogP contribution in [0.1, 0.15) is 38.5 Å². The van der Waals surface area contributed by atoms with E-state index in [9.17, 15) is 0 Å². The van der Waals surface area contributed by atoms with Crippen LogP contribution in [0.15, 0.2) is 42.7 Å². The van der Waals surface area contributed by atoms with Gasteiger partial charge in [0.1, 0.15) is 0 Å². The predicted octanol–water partition coefficient (Wildman–Crippen LogP) is 5.52. The van der Waals surface area contributed by atoms with E-state index in [0.29, 0.717) is 6.04 Å². The van der Waals surface area contributed by atoms with Gasteiger partial charge in [-0.05, 0) is 49.1 Å². The Morgan fingerprint density at radius 2 is 1.76 bits per heavy atom. The number of fused-ring (bicyclic) bond motifs is 2. The van der Waals surface area contributed by atoms with Crippen molar-refractivity contribution in [2.24, 2.45) is 5.92 Å². The highest BCUT2D eigenvalue weighted by Crippen LogP contribution is 2.37. The second-order valence-electron chi connectivity index (χ2n) is 7.37. The fourth-order valence-electron chi connectivity index (χ4n) is 4.59. The summed E-state index contributed by atoms with van der Waals surface area (Å²) in [6, 6.07) is 11.4. The van der Waals surface area contributed by atoms with Crippen LogP contribution in [0.5, 0.6) is 0 Å². The third-order valence-corrected chi connectivity index (χ3v) is 7.01. The van der Waals surface area contributed by atoms with Crippen molar-refractivity contribution in [3.8, 4) is 10.4 Å². The van der Waals surface area contributed by atoms with Gasteiger partial charge in [-0.3, -0.25) is 0 Å². The quantitative estimate of drug-likeness (QED) is 0.610. The molecule has 2 unspecified atom stereocenters. The molecule has 3 aromatic rings. The molecule has 2 aliphatic rings. The van der Waals surface area contributed by atoms with E-state index in [1.165, 1.54) is 53.5 Å². The SMILES string of the molecule is c1ccc2sc(-c3cnc(N4CCCC5CCCCC54)nc3)cc2c1. The average molecular weight is 350 g/mol. The fraction of sp³-hybridized carbons (Fsp3) is 0.429. The summed E-state index contributed by atoms with van der Waals surface area (Å²) in [5, 5.41) is 1.30. The Hall–Kier alpha value is -1.94. The standard InChI is InChI=1S/C21H23N3S/c1-3-9-18-15(6-1)8-5-11-24(18)21-22-13-17(14-23-21)20-12-16-7-2-4-10-19(16)25-20/h2,4,7,10,12-15,18H,1,3,5-6,8-9,11H2. The monoisotopic (exact) mass is 349 g/mol. The average Bonchev–Trinajstić information content (AvgIpc) is 3.12. The third-order valence-electron chi connectivity index (χ3n) is 5.85. The Labute approximate surface area is 152 Å². The second kappa shape index (κ2) is 6.41. The molecule has 1 aliphatic heterocycles. The molecule has 3 heterocycles. The predicted molar refractivity (Wildman–Crippen MR) is 105 cm³/mol. The van der Waals surface area contributed by atoms with E-state index < -0.39 is 0 Å². The Morgan fingerprint density at radius 1 is 0.960 bits per heavy atom. The Bertz CT molecular complexity index is 835. The van der Waals surface area contributed by atoms with Crippen molar-refractivity contribution >= 4 is 27.4 Å². The van der Waals surface area contributed by atoms with Crippen LogP contribution in [-0.4, -0.2) is 22.6 Å². The molecular weight excluding hydrogens is 326 g/mol. The summed E-state index contributed by atoms with van der Waals surface area (Å²) in [6.07, 6.45) is 12.2. The maximum absolute atomic E-state index is 4.76. The number of benzene rings is 1. The molecule has 2 atom stereocenters. The highest BCUT2D eigenvalue weighted by molar-refractivity contribution is 7.22. The highest BCUT2D eigenvalue weighted by atomic mass is 32.1. The molecule has 0 N–H and O–H groups in total. The second-order valence-corrected chi connectivity index (χ2v) is 8.45. The molecule has 1 aromatic carbocycles. The topological polar surface area (TPSA) is 29.0 Å². The maximum Gasteiger partial charge on any atom is 0.225 e. The van der Waals surface area contributed by atoms with Gasteiger partial charge < -0.3 is 4.90 Å². The van der Waals surface area contributed by atoms with Crippen molar-refractivity contribution in [1.29, 1.82) is 0 Å². The molecular formula is C21H23N3S. The first kappa shape index (κ1) is 15.3. The van der Waals surface area contributed by atoms with Gasteiger partial charge in [-0.2, -0.15) is 0 Å². The zero-order valence-electron chi connectivity index (χ0n) is 14.4. The number of rotatable bonds is 2. The van der Waals surface area contributed by atoms with E-state index in [-0.39, 0.29) is 0 Å².